The number of amides is 1. The molecule has 0 spiro atoms. The summed E-state index contributed by atoms with van der Waals surface area (Å²) >= 11 is 0. The number of carbonyl (C=O) groups is 1. The van der Waals surface area contributed by atoms with Crippen LogP contribution in [0.3, 0.4) is 0 Å². The normalized spacial score (nSPS) is 11.7. The van der Waals surface area contributed by atoms with E-state index in [1.807, 2.05) is 44.2 Å². The molecule has 29 heavy (non-hydrogen) atoms. The summed E-state index contributed by atoms with van der Waals surface area (Å²) < 4.78 is 1.49. The highest BCUT2D eigenvalue weighted by Gasteiger charge is 2.15. The lowest BCUT2D eigenvalue weighted by atomic mass is 10.0. The Kier molecular flexibility index (Phi) is 6.41. The van der Waals surface area contributed by atoms with Gasteiger partial charge in [0.05, 0.1) is 18.8 Å². The fraction of sp³-hybridized carbons (Fsp3) is 0.227. The van der Waals surface area contributed by atoms with Crippen LogP contribution in [0.5, 0.6) is 0 Å². The fourth-order valence-corrected chi connectivity index (χ4v) is 3.13. The van der Waals surface area contributed by atoms with E-state index in [0.29, 0.717) is 11.3 Å². The van der Waals surface area contributed by atoms with Crippen molar-refractivity contribution in [2.24, 2.45) is 0 Å². The first-order chi connectivity index (χ1) is 14.0. The molecule has 3 aromatic rings. The monoisotopic (exact) mass is 392 g/mol. The fourth-order valence-electron chi connectivity index (χ4n) is 3.13. The third kappa shape index (κ3) is 4.52. The number of nitrogens with one attached hydrogen (secondary N) is 2. The molecule has 1 aromatic heterocycles. The predicted molar refractivity (Wildman–Crippen MR) is 112 cm³/mol. The number of aromatic nitrogens is 2. The van der Waals surface area contributed by atoms with Gasteiger partial charge in [-0.25, -0.2) is 10.5 Å². The van der Waals surface area contributed by atoms with Gasteiger partial charge in [0, 0.05) is 18.0 Å². The molecular formula is C22H24N4O3. The molecule has 0 saturated heterocycles. The van der Waals surface area contributed by atoms with Crippen molar-refractivity contribution >= 4 is 11.7 Å². The summed E-state index contributed by atoms with van der Waals surface area (Å²) in [7, 11) is 1.37. The van der Waals surface area contributed by atoms with Gasteiger partial charge in [0.1, 0.15) is 0 Å². The summed E-state index contributed by atoms with van der Waals surface area (Å²) in [5.41, 5.74) is 4.94. The topological polar surface area (TPSA) is 85.2 Å². The van der Waals surface area contributed by atoms with E-state index in [-0.39, 0.29) is 23.3 Å². The Hall–Kier alpha value is -3.45. The second-order valence-electron chi connectivity index (χ2n) is 6.60. The number of carbonyl (C=O) groups excluding carboxylic acids is 1. The van der Waals surface area contributed by atoms with Crippen LogP contribution in [0.15, 0.2) is 65.7 Å². The summed E-state index contributed by atoms with van der Waals surface area (Å²) in [6.45, 7) is 3.93. The number of rotatable bonds is 7. The van der Waals surface area contributed by atoms with E-state index in [4.69, 9.17) is 0 Å². The molecule has 0 fully saturated rings. The number of hydroxylamine groups is 1. The van der Waals surface area contributed by atoms with Gasteiger partial charge in [0.25, 0.3) is 11.5 Å². The van der Waals surface area contributed by atoms with Crippen LogP contribution in [0, 0.1) is 6.92 Å². The number of hydrogen-bond acceptors (Lipinski definition) is 5. The number of hydrogen-bond donors (Lipinski definition) is 2. The molecular weight excluding hydrogens is 368 g/mol. The van der Waals surface area contributed by atoms with Crippen molar-refractivity contribution in [1.29, 1.82) is 0 Å². The Labute approximate surface area is 169 Å². The van der Waals surface area contributed by atoms with Gasteiger partial charge in [-0.3, -0.25) is 19.0 Å². The van der Waals surface area contributed by atoms with Crippen molar-refractivity contribution < 1.29 is 9.63 Å². The number of aryl methyl sites for hydroxylation is 1. The smallest absolute Gasteiger partial charge is 0.297 e. The van der Waals surface area contributed by atoms with Gasteiger partial charge in [-0.1, -0.05) is 43.3 Å². The standard InChI is InChI=1S/C22H24N4O3/c1-4-18(16-8-6-5-7-9-16)24-20-22(28)26(13-12-23-20)19-14-17(11-10-15(19)2)21(27)25-29-3/h5-14,18H,4H2,1-3H3,(H,23,24)(H,25,27)/t18-/m1/s1. The van der Waals surface area contributed by atoms with Crippen LogP contribution in [-0.2, 0) is 4.84 Å². The molecule has 2 N–H and O–H groups in total. The lowest BCUT2D eigenvalue weighted by Gasteiger charge is -2.18. The zero-order valence-corrected chi connectivity index (χ0v) is 16.7. The minimum atomic E-state index is -0.385. The van der Waals surface area contributed by atoms with Crippen LogP contribution in [0.2, 0.25) is 0 Å². The summed E-state index contributed by atoms with van der Waals surface area (Å²) in [4.78, 5) is 34.1. The Morgan fingerprint density at radius 3 is 2.66 bits per heavy atom. The molecule has 150 valence electrons. The molecule has 0 radical (unpaired) electrons. The van der Waals surface area contributed by atoms with Crippen molar-refractivity contribution in [2.75, 3.05) is 12.4 Å². The largest absolute Gasteiger partial charge is 0.359 e. The SMILES string of the molecule is CC[C@@H](Nc1nccn(-c2cc(C(=O)NOC)ccc2C)c1=O)c1ccccc1. The van der Waals surface area contributed by atoms with Crippen LogP contribution in [0.4, 0.5) is 5.82 Å². The van der Waals surface area contributed by atoms with Gasteiger partial charge in [-0.2, -0.15) is 0 Å². The molecule has 3 rings (SSSR count). The first kappa shape index (κ1) is 20.3. The quantitative estimate of drug-likeness (QED) is 0.602. The zero-order valence-electron chi connectivity index (χ0n) is 16.7. The number of anilines is 1. The Morgan fingerprint density at radius 1 is 1.21 bits per heavy atom. The summed E-state index contributed by atoms with van der Waals surface area (Å²) in [5, 5.41) is 3.26. The molecule has 0 aliphatic rings. The summed E-state index contributed by atoms with van der Waals surface area (Å²) in [6, 6.07) is 15.0. The van der Waals surface area contributed by atoms with Crippen molar-refractivity contribution in [3.63, 3.8) is 0 Å². The Bertz CT molecular complexity index is 1050. The van der Waals surface area contributed by atoms with E-state index in [2.05, 4.69) is 20.6 Å². The van der Waals surface area contributed by atoms with E-state index < -0.39 is 0 Å². The Balaban J connectivity index is 1.98. The van der Waals surface area contributed by atoms with Crippen LogP contribution in [-0.4, -0.2) is 22.6 Å². The van der Waals surface area contributed by atoms with Crippen molar-refractivity contribution in [3.8, 4) is 5.69 Å². The first-order valence-corrected chi connectivity index (χ1v) is 9.38. The molecule has 1 amide bonds. The maximum Gasteiger partial charge on any atom is 0.297 e. The van der Waals surface area contributed by atoms with E-state index >= 15 is 0 Å². The molecule has 2 aromatic carbocycles. The molecule has 1 atom stereocenters. The molecule has 0 aliphatic carbocycles. The van der Waals surface area contributed by atoms with E-state index in [1.165, 1.54) is 11.7 Å². The van der Waals surface area contributed by atoms with Crippen molar-refractivity contribution in [3.05, 3.63) is 88.0 Å². The molecule has 0 bridgehead atoms. The second kappa shape index (κ2) is 9.16. The number of nitrogens with zero attached hydrogens (tertiary/aromatic N) is 2. The molecule has 0 saturated carbocycles. The van der Waals surface area contributed by atoms with Gasteiger partial charge < -0.3 is 5.32 Å². The van der Waals surface area contributed by atoms with E-state index in [1.54, 1.807) is 30.6 Å². The summed E-state index contributed by atoms with van der Waals surface area (Å²) in [6.07, 6.45) is 3.96. The highest BCUT2D eigenvalue weighted by Crippen LogP contribution is 2.20. The minimum absolute atomic E-state index is 0.0350. The van der Waals surface area contributed by atoms with Gasteiger partial charge in [-0.05, 0) is 36.6 Å². The van der Waals surface area contributed by atoms with Gasteiger partial charge in [0.15, 0.2) is 5.82 Å². The third-order valence-electron chi connectivity index (χ3n) is 4.69. The van der Waals surface area contributed by atoms with Gasteiger partial charge >= 0.3 is 0 Å². The van der Waals surface area contributed by atoms with Gasteiger partial charge in [0.2, 0.25) is 0 Å². The lowest BCUT2D eigenvalue weighted by Crippen LogP contribution is -2.26. The van der Waals surface area contributed by atoms with Gasteiger partial charge in [-0.15, -0.1) is 0 Å². The molecule has 1 heterocycles. The molecule has 7 heteroatoms. The van der Waals surface area contributed by atoms with Crippen molar-refractivity contribution in [2.45, 2.75) is 26.3 Å². The van der Waals surface area contributed by atoms with E-state index in [0.717, 1.165) is 17.5 Å². The average molecular weight is 392 g/mol. The Morgan fingerprint density at radius 2 is 1.97 bits per heavy atom. The molecule has 7 nitrogen and oxygen atoms in total. The highest BCUT2D eigenvalue weighted by atomic mass is 16.6. The predicted octanol–water partition coefficient (Wildman–Crippen LogP) is 3.40. The second-order valence-corrected chi connectivity index (χ2v) is 6.60. The van der Waals surface area contributed by atoms with Crippen LogP contribution >= 0.6 is 0 Å². The van der Waals surface area contributed by atoms with E-state index in [9.17, 15) is 9.59 Å². The van der Waals surface area contributed by atoms with Crippen LogP contribution < -0.4 is 16.4 Å². The molecule has 0 unspecified atom stereocenters. The average Bonchev–Trinajstić information content (AvgIpc) is 2.74. The maximum atomic E-state index is 13.1. The molecule has 0 aliphatic heterocycles. The highest BCUT2D eigenvalue weighted by molar-refractivity contribution is 5.94. The number of benzene rings is 2. The lowest BCUT2D eigenvalue weighted by molar-refractivity contribution is 0.0537. The maximum absolute atomic E-state index is 13.1. The minimum Gasteiger partial charge on any atom is -0.359 e. The summed E-state index contributed by atoms with van der Waals surface area (Å²) in [5.74, 6) is -0.126. The van der Waals surface area contributed by atoms with Crippen LogP contribution in [0.25, 0.3) is 5.69 Å². The van der Waals surface area contributed by atoms with Crippen molar-refractivity contribution in [1.82, 2.24) is 15.0 Å². The first-order valence-electron chi connectivity index (χ1n) is 9.38. The van der Waals surface area contributed by atoms with Crippen LogP contribution in [0.1, 0.15) is 40.9 Å². The zero-order chi connectivity index (χ0) is 20.8. The third-order valence-corrected chi connectivity index (χ3v) is 4.69.